The number of carbonyl (C=O) groups excluding carboxylic acids is 1. The highest BCUT2D eigenvalue weighted by atomic mass is 127. The van der Waals surface area contributed by atoms with Crippen LogP contribution in [0.3, 0.4) is 0 Å². The predicted molar refractivity (Wildman–Crippen MR) is 115 cm³/mol. The van der Waals surface area contributed by atoms with Crippen molar-refractivity contribution in [2.45, 2.75) is 33.7 Å². The Hall–Kier alpha value is -1.36. The lowest BCUT2D eigenvalue weighted by atomic mass is 10.2. The number of amides is 1. The average Bonchev–Trinajstić information content (AvgIpc) is 2.81. The molecule has 26 heavy (non-hydrogen) atoms. The van der Waals surface area contributed by atoms with Gasteiger partial charge in [0.1, 0.15) is 0 Å². The fourth-order valence-electron chi connectivity index (χ4n) is 2.22. The molecule has 1 aromatic rings. The Morgan fingerprint density at radius 2 is 2.00 bits per heavy atom. The number of hydrogen-bond donors (Lipinski definition) is 2. The number of hydrogen-bond acceptors (Lipinski definition) is 4. The third-order valence-corrected chi connectivity index (χ3v) is 3.92. The van der Waals surface area contributed by atoms with Crippen LogP contribution in [0.25, 0.3) is 0 Å². The van der Waals surface area contributed by atoms with E-state index in [9.17, 15) is 4.79 Å². The monoisotopic (exact) mass is 480 g/mol. The number of aliphatic imine (C=N–C) groups is 1. The molecule has 0 spiro atoms. The molecule has 0 bridgehead atoms. The number of guanidine groups is 1. The number of carbonyl (C=O) groups is 1. The van der Waals surface area contributed by atoms with Crippen LogP contribution < -0.4 is 10.6 Å². The van der Waals surface area contributed by atoms with Gasteiger partial charge in [0, 0.05) is 52.2 Å². The van der Waals surface area contributed by atoms with Gasteiger partial charge in [0.25, 0.3) is 0 Å². The smallest absolute Gasteiger partial charge is 0.241 e. The van der Waals surface area contributed by atoms with E-state index in [-0.39, 0.29) is 36.4 Å². The number of nitrogens with one attached hydrogen (secondary N) is 2. The number of ether oxygens (including phenoxy) is 1. The maximum absolute atomic E-state index is 11.8. The van der Waals surface area contributed by atoms with E-state index in [1.807, 2.05) is 32.5 Å². The van der Waals surface area contributed by atoms with Crippen LogP contribution in [0.1, 0.15) is 30.3 Å². The van der Waals surface area contributed by atoms with Crippen LogP contribution in [0.5, 0.6) is 0 Å². The number of likely N-dealkylation sites (N-methyl/N-ethyl adjacent to an activating group) is 1. The summed E-state index contributed by atoms with van der Waals surface area (Å²) < 4.78 is 7.20. The first-order chi connectivity index (χ1) is 11.9. The lowest BCUT2D eigenvalue weighted by Crippen LogP contribution is -2.43. The summed E-state index contributed by atoms with van der Waals surface area (Å²) in [4.78, 5) is 18.0. The Kier molecular flexibility index (Phi) is 12.2. The highest BCUT2D eigenvalue weighted by Crippen LogP contribution is 2.12. The largest absolute Gasteiger partial charge is 0.382 e. The van der Waals surface area contributed by atoms with E-state index < -0.39 is 0 Å². The molecule has 0 fully saturated rings. The second-order valence-corrected chi connectivity index (χ2v) is 6.06. The van der Waals surface area contributed by atoms with Gasteiger partial charge in [-0.05, 0) is 27.2 Å². The van der Waals surface area contributed by atoms with Crippen molar-refractivity contribution in [2.24, 2.45) is 12.0 Å². The van der Waals surface area contributed by atoms with E-state index in [0.29, 0.717) is 19.1 Å². The van der Waals surface area contributed by atoms with E-state index in [0.717, 1.165) is 36.5 Å². The highest BCUT2D eigenvalue weighted by molar-refractivity contribution is 14.0. The van der Waals surface area contributed by atoms with Crippen molar-refractivity contribution in [3.8, 4) is 0 Å². The van der Waals surface area contributed by atoms with Crippen molar-refractivity contribution in [3.05, 3.63) is 17.0 Å². The zero-order valence-electron chi connectivity index (χ0n) is 16.8. The Bertz CT molecular complexity index is 586. The van der Waals surface area contributed by atoms with Crippen molar-refractivity contribution < 1.29 is 9.53 Å². The summed E-state index contributed by atoms with van der Waals surface area (Å²) in [6.45, 7) is 8.86. The van der Waals surface area contributed by atoms with Crippen LogP contribution >= 0.6 is 24.0 Å². The van der Waals surface area contributed by atoms with Gasteiger partial charge in [0.2, 0.25) is 5.91 Å². The molecule has 0 saturated heterocycles. The van der Waals surface area contributed by atoms with Gasteiger partial charge in [0.15, 0.2) is 5.96 Å². The number of aryl methyl sites for hydroxylation is 2. The summed E-state index contributed by atoms with van der Waals surface area (Å²) in [5.74, 6) is 0.618. The topological polar surface area (TPSA) is 83.8 Å². The van der Waals surface area contributed by atoms with Gasteiger partial charge < -0.3 is 20.3 Å². The molecule has 0 radical (unpaired) electrons. The Morgan fingerprint density at radius 3 is 2.54 bits per heavy atom. The summed E-state index contributed by atoms with van der Waals surface area (Å²) in [6.07, 6.45) is 0.876. The third kappa shape index (κ3) is 8.35. The molecule has 0 aliphatic heterocycles. The van der Waals surface area contributed by atoms with E-state index in [2.05, 4.69) is 20.7 Å². The quantitative estimate of drug-likeness (QED) is 0.240. The van der Waals surface area contributed by atoms with Gasteiger partial charge in [-0.2, -0.15) is 5.10 Å². The zero-order chi connectivity index (χ0) is 18.8. The summed E-state index contributed by atoms with van der Waals surface area (Å²) in [5, 5.41) is 10.7. The van der Waals surface area contributed by atoms with Crippen LogP contribution in [0, 0.1) is 13.8 Å². The fourth-order valence-corrected chi connectivity index (χ4v) is 2.22. The maximum Gasteiger partial charge on any atom is 0.241 e. The zero-order valence-corrected chi connectivity index (χ0v) is 19.1. The van der Waals surface area contributed by atoms with Gasteiger partial charge in [-0.3, -0.25) is 9.48 Å². The van der Waals surface area contributed by atoms with E-state index >= 15 is 0 Å². The molecule has 2 N–H and O–H groups in total. The minimum atomic E-state index is -0.00226. The molecular formula is C17H33IN6O2. The number of aromatic nitrogens is 2. The molecule has 1 heterocycles. The fraction of sp³-hybridized carbons (Fsp3) is 0.706. The molecule has 8 nitrogen and oxygen atoms in total. The standard InChI is InChI=1S/C17H32N6O2.HI/c1-7-25-10-8-9-18-17(20-12-16(24)22(4)5)19-11-15-13(2)21-23(6)14(15)3;/h7-12H2,1-6H3,(H2,18,19,20);1H. The van der Waals surface area contributed by atoms with Gasteiger partial charge in [-0.25, -0.2) is 4.99 Å². The lowest BCUT2D eigenvalue weighted by molar-refractivity contribution is -0.127. The molecule has 0 aromatic carbocycles. The highest BCUT2D eigenvalue weighted by Gasteiger charge is 2.10. The van der Waals surface area contributed by atoms with Crippen LogP contribution in [0.4, 0.5) is 0 Å². The molecule has 0 saturated carbocycles. The van der Waals surface area contributed by atoms with E-state index in [1.165, 1.54) is 0 Å². The maximum atomic E-state index is 11.8. The number of nitrogens with zero attached hydrogens (tertiary/aromatic N) is 4. The van der Waals surface area contributed by atoms with Crippen molar-refractivity contribution in [3.63, 3.8) is 0 Å². The first kappa shape index (κ1) is 24.6. The van der Waals surface area contributed by atoms with Crippen molar-refractivity contribution in [1.29, 1.82) is 0 Å². The number of halogens is 1. The molecule has 1 rings (SSSR count). The van der Waals surface area contributed by atoms with Crippen LogP contribution in [0.2, 0.25) is 0 Å². The summed E-state index contributed by atoms with van der Waals surface area (Å²) in [7, 11) is 5.40. The molecule has 150 valence electrons. The van der Waals surface area contributed by atoms with Gasteiger partial charge >= 0.3 is 0 Å². The van der Waals surface area contributed by atoms with Crippen LogP contribution in [-0.4, -0.2) is 66.9 Å². The summed E-state index contributed by atoms with van der Waals surface area (Å²) in [5.41, 5.74) is 3.18. The molecule has 9 heteroatoms. The predicted octanol–water partition coefficient (Wildman–Crippen LogP) is 1.20. The molecule has 0 aliphatic carbocycles. The molecular weight excluding hydrogens is 447 g/mol. The minimum absolute atomic E-state index is 0. The molecule has 1 amide bonds. The second-order valence-electron chi connectivity index (χ2n) is 6.06. The van der Waals surface area contributed by atoms with Crippen molar-refractivity contribution >= 4 is 35.8 Å². The van der Waals surface area contributed by atoms with Gasteiger partial charge in [-0.1, -0.05) is 0 Å². The molecule has 1 aromatic heterocycles. The lowest BCUT2D eigenvalue weighted by Gasteiger charge is -2.15. The Morgan fingerprint density at radius 1 is 1.31 bits per heavy atom. The van der Waals surface area contributed by atoms with Crippen LogP contribution in [0.15, 0.2) is 4.99 Å². The first-order valence-corrected chi connectivity index (χ1v) is 8.66. The third-order valence-electron chi connectivity index (χ3n) is 3.92. The Labute approximate surface area is 173 Å². The SMILES string of the molecule is CCOCCCNC(=NCc1c(C)nn(C)c1C)NCC(=O)N(C)C.I. The summed E-state index contributed by atoms with van der Waals surface area (Å²) in [6, 6.07) is 0. The normalized spacial score (nSPS) is 11.1. The van der Waals surface area contributed by atoms with Crippen molar-refractivity contribution in [2.75, 3.05) is 40.4 Å². The average molecular weight is 480 g/mol. The Balaban J connectivity index is 0.00000625. The minimum Gasteiger partial charge on any atom is -0.382 e. The second kappa shape index (κ2) is 12.9. The number of rotatable bonds is 9. The van der Waals surface area contributed by atoms with Gasteiger partial charge in [0.05, 0.1) is 18.8 Å². The summed E-state index contributed by atoms with van der Waals surface area (Å²) >= 11 is 0. The van der Waals surface area contributed by atoms with Gasteiger partial charge in [-0.15, -0.1) is 24.0 Å². The molecule has 0 unspecified atom stereocenters. The van der Waals surface area contributed by atoms with Crippen LogP contribution in [-0.2, 0) is 23.1 Å². The molecule has 0 aliphatic rings. The van der Waals surface area contributed by atoms with E-state index in [4.69, 9.17) is 4.74 Å². The van der Waals surface area contributed by atoms with Crippen molar-refractivity contribution in [1.82, 2.24) is 25.3 Å². The molecule has 0 atom stereocenters. The first-order valence-electron chi connectivity index (χ1n) is 8.66. The van der Waals surface area contributed by atoms with E-state index in [1.54, 1.807) is 19.0 Å².